The first-order chi connectivity index (χ1) is 14.8. The van der Waals surface area contributed by atoms with Crippen molar-refractivity contribution in [3.05, 3.63) is 71.4 Å². The molecule has 0 spiro atoms. The highest BCUT2D eigenvalue weighted by Crippen LogP contribution is 2.15. The van der Waals surface area contributed by atoms with E-state index in [1.807, 2.05) is 0 Å². The van der Waals surface area contributed by atoms with Gasteiger partial charge < -0.3 is 20.4 Å². The maximum absolute atomic E-state index is 5.47. The minimum Gasteiger partial charge on any atom is -0.379 e. The highest BCUT2D eigenvalue weighted by molar-refractivity contribution is 14.0. The number of nitrogens with one attached hydrogen (secondary N) is 3. The predicted octanol–water partition coefficient (Wildman–Crippen LogP) is 3.87. The molecule has 6 nitrogen and oxygen atoms in total. The lowest BCUT2D eigenvalue weighted by molar-refractivity contribution is 0.0341. The summed E-state index contributed by atoms with van der Waals surface area (Å²) in [5, 5.41) is 8.04. The van der Waals surface area contributed by atoms with Gasteiger partial charge in [0, 0.05) is 37.4 Å². The van der Waals surface area contributed by atoms with E-state index in [2.05, 4.69) is 82.0 Å². The van der Waals surface area contributed by atoms with E-state index >= 15 is 0 Å². The van der Waals surface area contributed by atoms with Gasteiger partial charge in [0.15, 0.2) is 5.96 Å². The average molecular weight is 533 g/mol. The van der Waals surface area contributed by atoms with Crippen LogP contribution in [0, 0.1) is 0 Å². The smallest absolute Gasteiger partial charge is 0.191 e. The lowest BCUT2D eigenvalue weighted by atomic mass is 10.1. The van der Waals surface area contributed by atoms with Crippen LogP contribution in [0.3, 0.4) is 0 Å². The number of guanidine groups is 1. The summed E-state index contributed by atoms with van der Waals surface area (Å²) < 4.78 is 5.47. The van der Waals surface area contributed by atoms with Crippen LogP contribution in [0.5, 0.6) is 0 Å². The van der Waals surface area contributed by atoms with Crippen molar-refractivity contribution >= 4 is 40.8 Å². The monoisotopic (exact) mass is 533 g/mol. The van der Waals surface area contributed by atoms with Crippen LogP contribution in [0.1, 0.15) is 23.7 Å². The quantitative estimate of drug-likeness (QED) is 0.245. The first-order valence-corrected chi connectivity index (χ1v) is 10.8. The molecule has 2 aromatic carbocycles. The third-order valence-electron chi connectivity index (χ3n) is 5.40. The summed E-state index contributed by atoms with van der Waals surface area (Å²) in [6, 6.07) is 19.1. The number of halogens is 1. The van der Waals surface area contributed by atoms with Crippen molar-refractivity contribution in [2.75, 3.05) is 32.8 Å². The normalized spacial score (nSPS) is 14.9. The number of H-pyrrole nitrogens is 1. The molecule has 0 amide bonds. The highest BCUT2D eigenvalue weighted by Gasteiger charge is 2.12. The Balaban J connectivity index is 0.00000272. The molecule has 1 aromatic heterocycles. The fourth-order valence-electron chi connectivity index (χ4n) is 3.78. The lowest BCUT2D eigenvalue weighted by Gasteiger charge is -2.27. The number of hydrogen-bond acceptors (Lipinski definition) is 3. The first kappa shape index (κ1) is 23.6. The van der Waals surface area contributed by atoms with Gasteiger partial charge in [0.05, 0.1) is 26.3 Å². The Morgan fingerprint density at radius 3 is 2.55 bits per heavy atom. The molecule has 0 saturated carbocycles. The molecule has 1 saturated heterocycles. The molecule has 1 aliphatic rings. The second-order valence-electron chi connectivity index (χ2n) is 7.59. The molecule has 166 valence electrons. The summed E-state index contributed by atoms with van der Waals surface area (Å²) in [6.07, 6.45) is 0. The Kier molecular flexibility index (Phi) is 9.17. The van der Waals surface area contributed by atoms with Crippen LogP contribution in [0.2, 0.25) is 0 Å². The number of nitrogens with zero attached hydrogens (tertiary/aromatic N) is 2. The van der Waals surface area contributed by atoms with Crippen LogP contribution in [0.4, 0.5) is 0 Å². The maximum Gasteiger partial charge on any atom is 0.191 e. The minimum atomic E-state index is 0. The Labute approximate surface area is 201 Å². The lowest BCUT2D eigenvalue weighted by Crippen LogP contribution is -2.37. The number of aliphatic imine (C=N–C) groups is 1. The molecule has 1 fully saturated rings. The zero-order valence-electron chi connectivity index (χ0n) is 18.1. The second kappa shape index (κ2) is 12.1. The van der Waals surface area contributed by atoms with E-state index in [9.17, 15) is 0 Å². The van der Waals surface area contributed by atoms with E-state index in [1.54, 1.807) is 0 Å². The van der Waals surface area contributed by atoms with E-state index < -0.39 is 0 Å². The largest absolute Gasteiger partial charge is 0.379 e. The van der Waals surface area contributed by atoms with Gasteiger partial charge in [-0.3, -0.25) is 4.90 Å². The van der Waals surface area contributed by atoms with Crippen molar-refractivity contribution in [3.63, 3.8) is 0 Å². The van der Waals surface area contributed by atoms with E-state index in [0.717, 1.165) is 56.6 Å². The number of rotatable bonds is 7. The van der Waals surface area contributed by atoms with Gasteiger partial charge in [0.2, 0.25) is 0 Å². The topological polar surface area (TPSA) is 64.7 Å². The van der Waals surface area contributed by atoms with Crippen molar-refractivity contribution in [3.8, 4) is 0 Å². The fourth-order valence-corrected chi connectivity index (χ4v) is 3.78. The Bertz CT molecular complexity index is 948. The van der Waals surface area contributed by atoms with E-state index in [-0.39, 0.29) is 24.0 Å². The second-order valence-corrected chi connectivity index (χ2v) is 7.59. The average Bonchev–Trinajstić information content (AvgIpc) is 3.20. The van der Waals surface area contributed by atoms with Gasteiger partial charge >= 0.3 is 0 Å². The molecule has 0 aliphatic carbocycles. The number of ether oxygens (including phenoxy) is 1. The van der Waals surface area contributed by atoms with Gasteiger partial charge in [0.1, 0.15) is 0 Å². The molecule has 3 N–H and O–H groups in total. The van der Waals surface area contributed by atoms with Crippen molar-refractivity contribution in [2.24, 2.45) is 4.99 Å². The van der Waals surface area contributed by atoms with Crippen LogP contribution < -0.4 is 10.6 Å². The number of hydrogen-bond donors (Lipinski definition) is 3. The Morgan fingerprint density at radius 2 is 1.77 bits per heavy atom. The third kappa shape index (κ3) is 6.69. The van der Waals surface area contributed by atoms with E-state index in [4.69, 9.17) is 9.73 Å². The standard InChI is InChI=1S/C24H31N5O.HI/c1-2-25-24(27-17-22-15-19-7-5-6-10-23(19)28-22)26-16-20-8-3-4-9-21(20)18-29-11-13-30-14-12-29;/h3-10,15,28H,2,11-14,16-18H2,1H3,(H2,25,26,27);1H. The minimum absolute atomic E-state index is 0. The SMILES string of the molecule is CCNC(=NCc1ccccc1CN1CCOCC1)NCc1cc2ccccc2[nH]1.I. The molecule has 0 unspecified atom stereocenters. The van der Waals surface area contributed by atoms with E-state index in [0.29, 0.717) is 13.1 Å². The van der Waals surface area contributed by atoms with Gasteiger partial charge in [-0.15, -0.1) is 24.0 Å². The highest BCUT2D eigenvalue weighted by atomic mass is 127. The fraction of sp³-hybridized carbons (Fsp3) is 0.375. The molecule has 0 radical (unpaired) electrons. The van der Waals surface area contributed by atoms with Gasteiger partial charge in [-0.05, 0) is 35.6 Å². The van der Waals surface area contributed by atoms with Gasteiger partial charge in [-0.25, -0.2) is 4.99 Å². The van der Waals surface area contributed by atoms with Crippen molar-refractivity contribution in [1.82, 2.24) is 20.5 Å². The molecule has 7 heteroatoms. The van der Waals surface area contributed by atoms with Gasteiger partial charge in [-0.2, -0.15) is 0 Å². The number of fused-ring (bicyclic) bond motifs is 1. The summed E-state index contributed by atoms with van der Waals surface area (Å²) in [5.74, 6) is 0.831. The van der Waals surface area contributed by atoms with Gasteiger partial charge in [-0.1, -0.05) is 42.5 Å². The molecule has 2 heterocycles. The van der Waals surface area contributed by atoms with Gasteiger partial charge in [0.25, 0.3) is 0 Å². The Morgan fingerprint density at radius 1 is 1.03 bits per heavy atom. The number of aromatic nitrogens is 1. The van der Waals surface area contributed by atoms with Crippen LogP contribution in [-0.4, -0.2) is 48.7 Å². The Hall–Kier alpha value is -2.10. The summed E-state index contributed by atoms with van der Waals surface area (Å²) in [5.41, 5.74) is 4.92. The van der Waals surface area contributed by atoms with Crippen LogP contribution in [-0.2, 0) is 24.4 Å². The molecular weight excluding hydrogens is 501 g/mol. The summed E-state index contributed by atoms with van der Waals surface area (Å²) in [7, 11) is 0. The van der Waals surface area contributed by atoms with Crippen molar-refractivity contribution in [1.29, 1.82) is 0 Å². The summed E-state index contributed by atoms with van der Waals surface area (Å²) >= 11 is 0. The maximum atomic E-state index is 5.47. The van der Waals surface area contributed by atoms with Crippen molar-refractivity contribution < 1.29 is 4.74 Å². The third-order valence-corrected chi connectivity index (χ3v) is 5.40. The molecule has 0 atom stereocenters. The number of morpholine rings is 1. The number of aromatic amines is 1. The number of benzene rings is 2. The van der Waals surface area contributed by atoms with Crippen molar-refractivity contribution in [2.45, 2.75) is 26.6 Å². The zero-order valence-corrected chi connectivity index (χ0v) is 20.4. The molecule has 31 heavy (non-hydrogen) atoms. The van der Waals surface area contributed by atoms with E-state index in [1.165, 1.54) is 16.5 Å². The summed E-state index contributed by atoms with van der Waals surface area (Å²) in [4.78, 5) is 10.8. The van der Waals surface area contributed by atoms with Crippen LogP contribution >= 0.6 is 24.0 Å². The van der Waals surface area contributed by atoms with Crippen LogP contribution in [0.15, 0.2) is 59.6 Å². The zero-order chi connectivity index (χ0) is 20.6. The predicted molar refractivity (Wildman–Crippen MR) is 138 cm³/mol. The molecular formula is C24H32IN5O. The molecule has 3 aromatic rings. The molecule has 1 aliphatic heterocycles. The number of para-hydroxylation sites is 1. The summed E-state index contributed by atoms with van der Waals surface area (Å²) in [6.45, 7) is 8.86. The molecule has 4 rings (SSSR count). The van der Waals surface area contributed by atoms with Crippen LogP contribution in [0.25, 0.3) is 10.9 Å². The molecule has 0 bridgehead atoms. The first-order valence-electron chi connectivity index (χ1n) is 10.8.